The lowest BCUT2D eigenvalue weighted by molar-refractivity contribution is 0.102. The number of nitrogens with zero attached hydrogens (tertiary/aromatic N) is 2. The first-order chi connectivity index (χ1) is 16.0. The van der Waals surface area contributed by atoms with E-state index in [1.165, 1.54) is 18.9 Å². The van der Waals surface area contributed by atoms with Gasteiger partial charge >= 0.3 is 0 Å². The Morgan fingerprint density at radius 1 is 1.09 bits per heavy atom. The number of hydrogen-bond acceptors (Lipinski definition) is 3. The summed E-state index contributed by atoms with van der Waals surface area (Å²) in [7, 11) is 0. The predicted octanol–water partition coefficient (Wildman–Crippen LogP) is 6.89. The molecular formula is C26H26F3N3O. The van der Waals surface area contributed by atoms with E-state index in [1.807, 2.05) is 6.07 Å². The molecule has 0 bridgehead atoms. The first-order valence-corrected chi connectivity index (χ1v) is 11.3. The molecule has 1 aliphatic rings. The number of amides is 1. The SMILES string of the molecule is CCCC1CCCC(c2ccncc2NC(=O)c2ccc(F)c(-c3ccc(F)cc3F)n2)C1. The third-order valence-electron chi connectivity index (χ3n) is 6.29. The molecule has 0 saturated heterocycles. The van der Waals surface area contributed by atoms with E-state index in [4.69, 9.17) is 0 Å². The summed E-state index contributed by atoms with van der Waals surface area (Å²) in [6.45, 7) is 2.20. The van der Waals surface area contributed by atoms with Gasteiger partial charge in [-0.3, -0.25) is 9.78 Å². The second-order valence-corrected chi connectivity index (χ2v) is 8.59. The number of aromatic nitrogens is 2. The molecule has 1 amide bonds. The van der Waals surface area contributed by atoms with Gasteiger partial charge in [0.25, 0.3) is 5.91 Å². The van der Waals surface area contributed by atoms with E-state index in [0.29, 0.717) is 23.6 Å². The molecule has 1 fully saturated rings. The van der Waals surface area contributed by atoms with Crippen molar-refractivity contribution in [2.24, 2.45) is 5.92 Å². The third kappa shape index (κ3) is 5.24. The van der Waals surface area contributed by atoms with Crippen molar-refractivity contribution in [2.75, 3.05) is 5.32 Å². The van der Waals surface area contributed by atoms with Crippen LogP contribution in [0, 0.1) is 23.4 Å². The summed E-state index contributed by atoms with van der Waals surface area (Å²) >= 11 is 0. The average Bonchev–Trinajstić information content (AvgIpc) is 2.80. The number of nitrogens with one attached hydrogen (secondary N) is 1. The zero-order chi connectivity index (χ0) is 23.4. The molecule has 172 valence electrons. The van der Waals surface area contributed by atoms with Crippen LogP contribution in [0.4, 0.5) is 18.9 Å². The highest BCUT2D eigenvalue weighted by atomic mass is 19.1. The van der Waals surface area contributed by atoms with E-state index in [-0.39, 0.29) is 17.0 Å². The van der Waals surface area contributed by atoms with E-state index in [0.717, 1.165) is 49.4 Å². The van der Waals surface area contributed by atoms with Gasteiger partial charge in [0.05, 0.1) is 11.9 Å². The Kier molecular flexibility index (Phi) is 7.06. The zero-order valence-electron chi connectivity index (χ0n) is 18.5. The van der Waals surface area contributed by atoms with Crippen LogP contribution in [-0.2, 0) is 0 Å². The van der Waals surface area contributed by atoms with Gasteiger partial charge in [0.2, 0.25) is 0 Å². The lowest BCUT2D eigenvalue weighted by Crippen LogP contribution is -2.19. The minimum absolute atomic E-state index is 0.0718. The molecule has 7 heteroatoms. The summed E-state index contributed by atoms with van der Waals surface area (Å²) in [5.74, 6) is -2.07. The molecule has 1 N–H and O–H groups in total. The fourth-order valence-electron chi connectivity index (χ4n) is 4.73. The molecule has 1 saturated carbocycles. The predicted molar refractivity (Wildman–Crippen MR) is 121 cm³/mol. The van der Waals surface area contributed by atoms with Crippen molar-refractivity contribution in [2.45, 2.75) is 51.4 Å². The highest BCUT2D eigenvalue weighted by molar-refractivity contribution is 6.03. The molecule has 1 aliphatic carbocycles. The van der Waals surface area contributed by atoms with Gasteiger partial charge in [0.15, 0.2) is 0 Å². The van der Waals surface area contributed by atoms with Crippen LogP contribution in [0.5, 0.6) is 0 Å². The fourth-order valence-corrected chi connectivity index (χ4v) is 4.73. The molecular weight excluding hydrogens is 427 g/mol. The van der Waals surface area contributed by atoms with Crippen LogP contribution in [-0.4, -0.2) is 15.9 Å². The van der Waals surface area contributed by atoms with Gasteiger partial charge in [-0.15, -0.1) is 0 Å². The minimum atomic E-state index is -0.951. The highest BCUT2D eigenvalue weighted by Crippen LogP contribution is 2.40. The number of hydrogen-bond donors (Lipinski definition) is 1. The lowest BCUT2D eigenvalue weighted by Gasteiger charge is -2.30. The van der Waals surface area contributed by atoms with Crippen LogP contribution in [0.3, 0.4) is 0 Å². The Balaban J connectivity index is 1.58. The Morgan fingerprint density at radius 3 is 2.73 bits per heavy atom. The Labute approximate surface area is 191 Å². The van der Waals surface area contributed by atoms with Gasteiger partial charge in [-0.05, 0) is 60.6 Å². The van der Waals surface area contributed by atoms with Crippen LogP contribution >= 0.6 is 0 Å². The smallest absolute Gasteiger partial charge is 0.274 e. The molecule has 4 nitrogen and oxygen atoms in total. The summed E-state index contributed by atoms with van der Waals surface area (Å²) in [5.41, 5.74) is 1.00. The standard InChI is InChI=1S/C26H26F3N3O/c1-2-4-16-5-3-6-17(13-16)19-11-12-30-15-24(19)32-26(33)23-10-9-21(28)25(31-23)20-8-7-18(27)14-22(20)29/h7-12,14-17H,2-6,13H2,1H3,(H,32,33). The molecule has 0 radical (unpaired) electrons. The minimum Gasteiger partial charge on any atom is -0.319 e. The first kappa shape index (κ1) is 23.0. The van der Waals surface area contributed by atoms with Crippen LogP contribution in [0.2, 0.25) is 0 Å². The van der Waals surface area contributed by atoms with Crippen LogP contribution in [0.25, 0.3) is 11.3 Å². The zero-order valence-corrected chi connectivity index (χ0v) is 18.5. The molecule has 0 spiro atoms. The Bertz CT molecular complexity index is 1150. The molecule has 2 unspecified atom stereocenters. The maximum atomic E-state index is 14.4. The van der Waals surface area contributed by atoms with Crippen molar-refractivity contribution in [1.29, 1.82) is 0 Å². The van der Waals surface area contributed by atoms with Gasteiger partial charge in [-0.2, -0.15) is 0 Å². The first-order valence-electron chi connectivity index (χ1n) is 11.3. The number of anilines is 1. The molecule has 1 aromatic carbocycles. The molecule has 4 rings (SSSR count). The van der Waals surface area contributed by atoms with Gasteiger partial charge in [0, 0.05) is 17.8 Å². The van der Waals surface area contributed by atoms with E-state index in [2.05, 4.69) is 22.2 Å². The normalized spacial score (nSPS) is 18.2. The maximum Gasteiger partial charge on any atom is 0.274 e. The maximum absolute atomic E-state index is 14.4. The molecule has 2 heterocycles. The summed E-state index contributed by atoms with van der Waals surface area (Å²) in [6, 6.07) is 7.01. The molecule has 3 aromatic rings. The summed E-state index contributed by atoms with van der Waals surface area (Å²) < 4.78 is 41.8. The van der Waals surface area contributed by atoms with Crippen molar-refractivity contribution in [1.82, 2.24) is 9.97 Å². The van der Waals surface area contributed by atoms with Crippen molar-refractivity contribution >= 4 is 11.6 Å². The largest absolute Gasteiger partial charge is 0.319 e. The van der Waals surface area contributed by atoms with Crippen LogP contribution < -0.4 is 5.32 Å². The lowest BCUT2D eigenvalue weighted by atomic mass is 9.76. The Hall–Kier alpha value is -3.22. The fraction of sp³-hybridized carbons (Fsp3) is 0.346. The number of benzene rings is 1. The molecule has 2 atom stereocenters. The summed E-state index contributed by atoms with van der Waals surface area (Å²) in [6.07, 6.45) is 10.2. The van der Waals surface area contributed by atoms with E-state index >= 15 is 0 Å². The van der Waals surface area contributed by atoms with Gasteiger partial charge in [0.1, 0.15) is 28.8 Å². The number of carbonyl (C=O) groups excluding carboxylic acids is 1. The topological polar surface area (TPSA) is 54.9 Å². The number of carbonyl (C=O) groups is 1. The van der Waals surface area contributed by atoms with Crippen molar-refractivity contribution in [3.05, 3.63) is 77.5 Å². The van der Waals surface area contributed by atoms with Gasteiger partial charge < -0.3 is 5.32 Å². The average molecular weight is 454 g/mol. The van der Waals surface area contributed by atoms with Gasteiger partial charge in [-0.25, -0.2) is 18.2 Å². The summed E-state index contributed by atoms with van der Waals surface area (Å²) in [5, 5.41) is 2.85. The highest BCUT2D eigenvalue weighted by Gasteiger charge is 2.25. The van der Waals surface area contributed by atoms with E-state index in [9.17, 15) is 18.0 Å². The molecule has 33 heavy (non-hydrogen) atoms. The van der Waals surface area contributed by atoms with Crippen LogP contribution in [0.15, 0.2) is 48.8 Å². The number of rotatable bonds is 6. The monoisotopic (exact) mass is 453 g/mol. The van der Waals surface area contributed by atoms with Crippen molar-refractivity contribution in [3.8, 4) is 11.3 Å². The van der Waals surface area contributed by atoms with Crippen LogP contribution in [0.1, 0.15) is 67.4 Å². The summed E-state index contributed by atoms with van der Waals surface area (Å²) in [4.78, 5) is 21.2. The number of pyridine rings is 2. The quantitative estimate of drug-likeness (QED) is 0.442. The second-order valence-electron chi connectivity index (χ2n) is 8.59. The molecule has 0 aliphatic heterocycles. The molecule has 2 aromatic heterocycles. The Morgan fingerprint density at radius 2 is 1.94 bits per heavy atom. The van der Waals surface area contributed by atoms with Crippen molar-refractivity contribution in [3.63, 3.8) is 0 Å². The van der Waals surface area contributed by atoms with E-state index < -0.39 is 23.4 Å². The number of halogens is 3. The second kappa shape index (κ2) is 10.1. The van der Waals surface area contributed by atoms with Gasteiger partial charge in [-0.1, -0.05) is 32.6 Å². The van der Waals surface area contributed by atoms with Crippen molar-refractivity contribution < 1.29 is 18.0 Å². The third-order valence-corrected chi connectivity index (χ3v) is 6.29. The van der Waals surface area contributed by atoms with E-state index in [1.54, 1.807) is 12.4 Å².